The highest BCUT2D eigenvalue weighted by atomic mass is 16.8. The molecule has 7 rings (SSSR count). The quantitative estimate of drug-likeness (QED) is 0.0451. The lowest BCUT2D eigenvalue weighted by atomic mass is 9.97. The lowest BCUT2D eigenvalue weighted by molar-refractivity contribution is -0.353. The maximum Gasteiger partial charge on any atom is 0.402 e. The van der Waals surface area contributed by atoms with Crippen molar-refractivity contribution in [1.29, 1.82) is 0 Å². The minimum absolute atomic E-state index is 0.0380. The summed E-state index contributed by atoms with van der Waals surface area (Å²) in [6, 6.07) is 11.9. The summed E-state index contributed by atoms with van der Waals surface area (Å²) < 4.78 is 45.9. The summed E-state index contributed by atoms with van der Waals surface area (Å²) in [5.74, 6) is -3.48. The minimum atomic E-state index is -2.02. The second-order valence-electron chi connectivity index (χ2n) is 14.5. The average molecular weight is 864 g/mol. The first-order chi connectivity index (χ1) is 29.0. The number of aliphatic hydroxyl groups excluding tert-OH is 8. The molecule has 14 unspecified atom stereocenters. The third-order valence-electron chi connectivity index (χ3n) is 10.3. The number of ether oxygens (including phenoxy) is 7. The van der Waals surface area contributed by atoms with Crippen molar-refractivity contribution in [2.75, 3.05) is 19.8 Å². The van der Waals surface area contributed by atoms with Gasteiger partial charge < -0.3 is 99.5 Å². The molecule has 13 N–H and O–H groups in total. The van der Waals surface area contributed by atoms with E-state index in [9.17, 15) is 71.2 Å². The summed E-state index contributed by atoms with van der Waals surface area (Å²) >= 11 is 0. The maximum absolute atomic E-state index is 12.5. The van der Waals surface area contributed by atoms with Gasteiger partial charge in [-0.1, -0.05) is 0 Å². The highest BCUT2D eigenvalue weighted by Gasteiger charge is 2.52. The maximum atomic E-state index is 12.5. The van der Waals surface area contributed by atoms with Crippen molar-refractivity contribution < 1.29 is 109 Å². The number of benzene rings is 3. The molecule has 14 atom stereocenters. The molecular formula is C39H43O22+. The molecule has 0 bridgehead atoms. The Kier molecular flexibility index (Phi) is 13.0. The molecule has 0 amide bonds. The number of esters is 1. The largest absolute Gasteiger partial charge is 0.508 e. The number of carbonyl (C=O) groups is 1. The lowest BCUT2D eigenvalue weighted by Gasteiger charge is -2.45. The molecule has 22 nitrogen and oxygen atoms in total. The Labute approximate surface area is 343 Å². The third kappa shape index (κ3) is 9.22. The average Bonchev–Trinajstić information content (AvgIpc) is 3.23. The van der Waals surface area contributed by atoms with Gasteiger partial charge in [-0.25, -0.2) is 9.21 Å². The molecule has 4 aromatic rings. The number of fused-ring (bicyclic) bond motifs is 1. The van der Waals surface area contributed by atoms with Crippen molar-refractivity contribution >= 4 is 16.9 Å². The van der Waals surface area contributed by atoms with Crippen LogP contribution in [0.2, 0.25) is 0 Å². The van der Waals surface area contributed by atoms with Crippen LogP contribution in [-0.4, -0.2) is 178 Å². The van der Waals surface area contributed by atoms with E-state index >= 15 is 0 Å². The molecule has 3 aliphatic rings. The molecule has 0 spiro atoms. The van der Waals surface area contributed by atoms with Crippen LogP contribution < -0.4 is 4.74 Å². The van der Waals surface area contributed by atoms with Gasteiger partial charge in [-0.2, -0.15) is 0 Å². The second kappa shape index (κ2) is 18.0. The zero-order chi connectivity index (χ0) is 43.9. The van der Waals surface area contributed by atoms with Crippen LogP contribution in [0.25, 0.3) is 22.3 Å². The third-order valence-corrected chi connectivity index (χ3v) is 10.3. The normalized spacial score (nSPS) is 33.0. The number of hydrogen-bond acceptors (Lipinski definition) is 21. The molecule has 3 fully saturated rings. The Balaban J connectivity index is 1.16. The van der Waals surface area contributed by atoms with Gasteiger partial charge in [0.25, 0.3) is 0 Å². The van der Waals surface area contributed by atoms with Crippen LogP contribution in [-0.2, 0) is 28.4 Å². The number of phenols is 5. The van der Waals surface area contributed by atoms with Crippen LogP contribution in [0.4, 0.5) is 0 Å². The summed E-state index contributed by atoms with van der Waals surface area (Å²) in [4.78, 5) is 12.5. The molecule has 4 heterocycles. The molecule has 22 heteroatoms. The number of hydrogen-bond donors (Lipinski definition) is 13. The zero-order valence-corrected chi connectivity index (χ0v) is 31.5. The van der Waals surface area contributed by atoms with Gasteiger partial charge in [-0.3, -0.25) is 0 Å². The number of rotatable bonds is 11. The van der Waals surface area contributed by atoms with E-state index < -0.39 is 129 Å². The van der Waals surface area contributed by atoms with Gasteiger partial charge in [0, 0.05) is 18.2 Å². The highest BCUT2D eigenvalue weighted by molar-refractivity contribution is 5.90. The first-order valence-corrected chi connectivity index (χ1v) is 18.6. The topological polar surface area (TPSA) is 356 Å². The van der Waals surface area contributed by atoms with Gasteiger partial charge >= 0.3 is 17.3 Å². The molecule has 330 valence electrons. The first-order valence-electron chi connectivity index (χ1n) is 18.6. The smallest absolute Gasteiger partial charge is 0.402 e. The minimum Gasteiger partial charge on any atom is -0.508 e. The number of aliphatic hydroxyl groups is 8. The van der Waals surface area contributed by atoms with Gasteiger partial charge in [-0.15, -0.1) is 0 Å². The molecule has 0 saturated carbocycles. The van der Waals surface area contributed by atoms with Gasteiger partial charge in [0.1, 0.15) is 90.3 Å². The summed E-state index contributed by atoms with van der Waals surface area (Å²) in [5.41, 5.74) is 0.00149. The van der Waals surface area contributed by atoms with E-state index in [-0.39, 0.29) is 45.1 Å². The number of phenolic OH excluding ortho intramolecular Hbond substituents is 5. The van der Waals surface area contributed by atoms with Crippen molar-refractivity contribution in [3.05, 3.63) is 66.2 Å². The van der Waals surface area contributed by atoms with Crippen molar-refractivity contribution in [3.8, 4) is 45.8 Å². The second-order valence-corrected chi connectivity index (χ2v) is 14.5. The van der Waals surface area contributed by atoms with Gasteiger partial charge in [0.2, 0.25) is 12.0 Å². The molecule has 3 aromatic carbocycles. The van der Waals surface area contributed by atoms with E-state index in [0.29, 0.717) is 0 Å². The summed E-state index contributed by atoms with van der Waals surface area (Å²) in [6.45, 7) is -1.93. The van der Waals surface area contributed by atoms with Crippen molar-refractivity contribution in [3.63, 3.8) is 0 Å². The van der Waals surface area contributed by atoms with Crippen LogP contribution in [0.5, 0.6) is 34.5 Å². The van der Waals surface area contributed by atoms with E-state index in [1.54, 1.807) is 0 Å². The molecule has 0 radical (unpaired) electrons. The van der Waals surface area contributed by atoms with Crippen molar-refractivity contribution in [1.82, 2.24) is 0 Å². The van der Waals surface area contributed by atoms with Gasteiger partial charge in [0.15, 0.2) is 30.2 Å². The van der Waals surface area contributed by atoms with Crippen LogP contribution in [0.15, 0.2) is 65.1 Å². The highest BCUT2D eigenvalue weighted by Crippen LogP contribution is 2.43. The zero-order valence-electron chi connectivity index (χ0n) is 31.5. The van der Waals surface area contributed by atoms with Crippen molar-refractivity contribution in [2.45, 2.75) is 86.0 Å². The fourth-order valence-corrected chi connectivity index (χ4v) is 6.82. The van der Waals surface area contributed by atoms with E-state index in [4.69, 9.17) is 37.6 Å². The van der Waals surface area contributed by atoms with E-state index in [2.05, 4.69) is 0 Å². The Morgan fingerprint density at radius 1 is 0.639 bits per heavy atom. The summed E-state index contributed by atoms with van der Waals surface area (Å²) in [6.07, 6.45) is -25.1. The Bertz CT molecular complexity index is 2170. The Morgan fingerprint density at radius 2 is 1.31 bits per heavy atom. The predicted octanol–water partition coefficient (Wildman–Crippen LogP) is -1.76. The molecule has 61 heavy (non-hydrogen) atoms. The van der Waals surface area contributed by atoms with Gasteiger partial charge in [0.05, 0.1) is 30.4 Å². The number of aromatic hydroxyl groups is 5. The number of carbonyl (C=O) groups excluding carboxylic acids is 1. The fourth-order valence-electron chi connectivity index (χ4n) is 6.82. The molecule has 1 aromatic heterocycles. The van der Waals surface area contributed by atoms with Crippen LogP contribution in [0, 0.1) is 0 Å². The van der Waals surface area contributed by atoms with Crippen LogP contribution >= 0.6 is 0 Å². The summed E-state index contributed by atoms with van der Waals surface area (Å²) in [5, 5.41) is 136. The fraction of sp³-hybridized carbons (Fsp3) is 0.436. The Hall–Kier alpha value is -5.18. The monoisotopic (exact) mass is 863 g/mol. The first kappa shape index (κ1) is 43.9. The molecule has 0 aliphatic carbocycles. The SMILES string of the molecule is O=C(OCC1OC(OCC2OC(Oc3cc4c(O)cc(O)cc4[o+]c3-c3ccc(O)c(O)c3)C(OC3OCC(O)C(O)C3O)C(O)C2O)C(O)C(O)C1O)c1ccc(O)cc1. The van der Waals surface area contributed by atoms with Gasteiger partial charge in [-0.05, 0) is 36.4 Å². The predicted molar refractivity (Wildman–Crippen MR) is 198 cm³/mol. The molecular weight excluding hydrogens is 820 g/mol. The van der Waals surface area contributed by atoms with Crippen molar-refractivity contribution in [2.24, 2.45) is 0 Å². The lowest BCUT2D eigenvalue weighted by Crippen LogP contribution is -2.64. The summed E-state index contributed by atoms with van der Waals surface area (Å²) in [7, 11) is 0. The van der Waals surface area contributed by atoms with Crippen LogP contribution in [0.1, 0.15) is 10.4 Å². The van der Waals surface area contributed by atoms with E-state index in [1.165, 1.54) is 36.4 Å². The van der Waals surface area contributed by atoms with E-state index in [1.807, 2.05) is 0 Å². The standard InChI is InChI=1S/C39H42O22/c40-16-4-1-14(2-5-16)36(53)54-12-25-28(47)30(49)33(52)37(59-25)56-13-26-29(48)31(50)35(61-38-32(51)27(46)22(45)11-55-38)39(60-26)58-24-10-18-20(43)8-17(41)9-23(18)57-34(24)15-3-6-19(42)21(44)7-15/h1-10,22,25-33,35,37-39,45-52H,11-13H2,(H4-,40,41,42,43,44,53)/p+1. The molecule has 3 saturated heterocycles. The molecule has 3 aliphatic heterocycles. The van der Waals surface area contributed by atoms with Crippen LogP contribution in [0.3, 0.4) is 0 Å². The van der Waals surface area contributed by atoms with E-state index in [0.717, 1.165) is 24.3 Å². The Morgan fingerprint density at radius 3 is 2.03 bits per heavy atom.